The van der Waals surface area contributed by atoms with E-state index in [1.807, 2.05) is 18.7 Å². The molecule has 2 unspecified atom stereocenters. The highest BCUT2D eigenvalue weighted by Gasteiger charge is 2.46. The first-order valence-electron chi connectivity index (χ1n) is 23.4. The lowest BCUT2D eigenvalue weighted by Crippen LogP contribution is -2.59. The zero-order chi connectivity index (χ0) is 51.6. The third-order valence-electron chi connectivity index (χ3n) is 12.8. The van der Waals surface area contributed by atoms with Crippen molar-refractivity contribution in [2.24, 2.45) is 5.41 Å². The van der Waals surface area contributed by atoms with E-state index >= 15 is 0 Å². The summed E-state index contributed by atoms with van der Waals surface area (Å²) in [5.74, 6) is -1.86. The standard InChI is InChI=1S/C48H63F2N13O7S.ClH/c1-27-28(2)59-60-41(27)58-42-32-21-38(71(67,68)48(7,8)9)37(22-35(32)54-26-55-42)69-19-18-61-14-16-62(17-15-61)46-52-23-31(24-53-46)70-30-20-36(44(65)56-39-33(49)12-11-13-34(39)50)63(25-30)45(66)40(47(4,5)6)57-43(64)29(3)51-10;/h11-13,21-24,26,29-30,36,40,51H,14-20,25H2,1-10H3,(H,56,65)(H,57,64)(H2,54,55,58,59,60);1H/t29?,30-,36-,40?;/m0./s1. The van der Waals surface area contributed by atoms with Crippen LogP contribution in [0.3, 0.4) is 0 Å². The predicted molar refractivity (Wildman–Crippen MR) is 271 cm³/mol. The molecule has 390 valence electrons. The van der Waals surface area contributed by atoms with Crippen molar-refractivity contribution in [3.05, 3.63) is 71.9 Å². The first kappa shape index (κ1) is 55.0. The number of hydrogen-bond donors (Lipinski definition) is 5. The Labute approximate surface area is 424 Å². The van der Waals surface area contributed by atoms with Crippen LogP contribution < -0.4 is 35.6 Å². The second kappa shape index (κ2) is 22.2. The van der Waals surface area contributed by atoms with Gasteiger partial charge in [-0.2, -0.15) is 5.10 Å². The number of anilines is 4. The fraction of sp³-hybridized carbons (Fsp3) is 0.500. The number of para-hydroxylation sites is 1. The number of nitrogens with zero attached hydrogens (tertiary/aromatic N) is 8. The predicted octanol–water partition coefficient (Wildman–Crippen LogP) is 5.10. The Morgan fingerprint density at radius 3 is 2.21 bits per heavy atom. The zero-order valence-corrected chi connectivity index (χ0v) is 43.7. The molecule has 4 atom stereocenters. The summed E-state index contributed by atoms with van der Waals surface area (Å²) < 4.78 is 68.7. The molecule has 20 nitrogen and oxygen atoms in total. The molecular formula is C48H64ClF2N13O7S. The summed E-state index contributed by atoms with van der Waals surface area (Å²) >= 11 is 0. The molecule has 5 N–H and O–H groups in total. The van der Waals surface area contributed by atoms with E-state index in [1.165, 1.54) is 29.7 Å². The van der Waals surface area contributed by atoms with Crippen LogP contribution in [0.4, 0.5) is 32.1 Å². The summed E-state index contributed by atoms with van der Waals surface area (Å²) in [6.45, 7) is 18.8. The highest BCUT2D eigenvalue weighted by molar-refractivity contribution is 7.92. The number of benzene rings is 2. The van der Waals surface area contributed by atoms with Gasteiger partial charge in [-0.1, -0.05) is 26.8 Å². The van der Waals surface area contributed by atoms with Crippen LogP contribution in [0.25, 0.3) is 10.9 Å². The number of amides is 3. The lowest BCUT2D eigenvalue weighted by Gasteiger charge is -2.35. The summed E-state index contributed by atoms with van der Waals surface area (Å²) in [5.41, 5.74) is 0.855. The Bertz CT molecular complexity index is 2850. The molecule has 3 amide bonds. The van der Waals surface area contributed by atoms with Crippen LogP contribution in [-0.2, 0) is 24.2 Å². The quantitative estimate of drug-likeness (QED) is 0.0864. The summed E-state index contributed by atoms with van der Waals surface area (Å²) in [6.07, 6.45) is 3.62. The number of aromatic nitrogens is 6. The van der Waals surface area contributed by atoms with Crippen molar-refractivity contribution in [2.75, 3.05) is 68.5 Å². The van der Waals surface area contributed by atoms with Gasteiger partial charge in [0.2, 0.25) is 23.7 Å². The van der Waals surface area contributed by atoms with Gasteiger partial charge in [0.15, 0.2) is 21.4 Å². The monoisotopic (exact) mass is 1040 g/mol. The number of carbonyl (C=O) groups is 3. The Morgan fingerprint density at radius 2 is 1.61 bits per heavy atom. The summed E-state index contributed by atoms with van der Waals surface area (Å²) in [5, 5.41) is 19.0. The van der Waals surface area contributed by atoms with E-state index < -0.39 is 79.3 Å². The number of likely N-dealkylation sites (tertiary alicyclic amines) is 1. The number of aromatic amines is 1. The fourth-order valence-corrected chi connectivity index (χ4v) is 9.44. The van der Waals surface area contributed by atoms with Crippen molar-refractivity contribution in [1.29, 1.82) is 0 Å². The summed E-state index contributed by atoms with van der Waals surface area (Å²) in [4.78, 5) is 64.6. The van der Waals surface area contributed by atoms with Crippen LogP contribution in [0.1, 0.15) is 66.1 Å². The van der Waals surface area contributed by atoms with Crippen LogP contribution >= 0.6 is 12.4 Å². The van der Waals surface area contributed by atoms with Gasteiger partial charge in [-0.3, -0.25) is 24.4 Å². The topological polar surface area (TPSA) is 242 Å². The number of nitrogens with one attached hydrogen (secondary N) is 5. The molecule has 7 rings (SSSR count). The molecule has 2 aliphatic rings. The number of piperazine rings is 1. The van der Waals surface area contributed by atoms with Crippen LogP contribution in [0, 0.1) is 30.9 Å². The smallest absolute Gasteiger partial charge is 0.247 e. The van der Waals surface area contributed by atoms with Gasteiger partial charge in [0.05, 0.1) is 35.2 Å². The minimum Gasteiger partial charge on any atom is -0.491 e. The first-order chi connectivity index (χ1) is 33.5. The highest BCUT2D eigenvalue weighted by Crippen LogP contribution is 2.38. The van der Waals surface area contributed by atoms with Gasteiger partial charge >= 0.3 is 0 Å². The average molecular weight is 1040 g/mol. The van der Waals surface area contributed by atoms with Crippen molar-refractivity contribution in [1.82, 2.24) is 50.6 Å². The minimum absolute atomic E-state index is 0. The van der Waals surface area contributed by atoms with Crippen molar-refractivity contribution in [3.8, 4) is 11.5 Å². The number of aryl methyl sites for hydroxylation is 1. The van der Waals surface area contributed by atoms with Crippen molar-refractivity contribution < 1.29 is 41.1 Å². The molecule has 0 saturated carbocycles. The number of carbonyl (C=O) groups excluding carboxylic acids is 3. The van der Waals surface area contributed by atoms with E-state index in [0.29, 0.717) is 61.2 Å². The van der Waals surface area contributed by atoms with Gasteiger partial charge in [0.25, 0.3) is 0 Å². The third kappa shape index (κ3) is 12.1. The van der Waals surface area contributed by atoms with Crippen LogP contribution in [-0.4, -0.2) is 148 Å². The third-order valence-corrected chi connectivity index (χ3v) is 15.3. The molecule has 0 spiro atoms. The molecule has 2 aromatic carbocycles. The van der Waals surface area contributed by atoms with E-state index in [2.05, 4.69) is 56.3 Å². The fourth-order valence-electron chi connectivity index (χ4n) is 8.13. The van der Waals surface area contributed by atoms with Gasteiger partial charge in [-0.15, -0.1) is 12.4 Å². The Hall–Kier alpha value is -6.30. The highest BCUT2D eigenvalue weighted by atomic mass is 35.5. The number of sulfone groups is 1. The number of fused-ring (bicyclic) bond motifs is 1. The van der Waals surface area contributed by atoms with E-state index in [9.17, 15) is 31.6 Å². The molecule has 24 heteroatoms. The normalized spacial score (nSPS) is 17.5. The molecule has 2 fully saturated rings. The molecule has 0 bridgehead atoms. The maximum absolute atomic E-state index is 14.7. The van der Waals surface area contributed by atoms with Gasteiger partial charge in [0, 0.05) is 61.9 Å². The number of hydrogen-bond acceptors (Lipinski definition) is 16. The summed E-state index contributed by atoms with van der Waals surface area (Å²) in [7, 11) is -2.26. The number of rotatable bonds is 16. The molecule has 0 radical (unpaired) electrons. The average Bonchev–Trinajstić information content (AvgIpc) is 3.89. The van der Waals surface area contributed by atoms with E-state index in [1.54, 1.807) is 67.6 Å². The van der Waals surface area contributed by atoms with Gasteiger partial charge in [-0.05, 0) is 72.2 Å². The number of H-pyrrole nitrogens is 1. The Morgan fingerprint density at radius 1 is 0.944 bits per heavy atom. The van der Waals surface area contributed by atoms with Gasteiger partial charge in [-0.25, -0.2) is 37.1 Å². The summed E-state index contributed by atoms with van der Waals surface area (Å²) in [6, 6.07) is 3.51. The molecular weight excluding hydrogens is 976 g/mol. The Kier molecular flexibility index (Phi) is 17.0. The molecule has 72 heavy (non-hydrogen) atoms. The number of ether oxygens (including phenoxy) is 2. The second-order valence-corrected chi connectivity index (χ2v) is 22.6. The van der Waals surface area contributed by atoms with E-state index in [0.717, 1.165) is 23.4 Å². The molecule has 5 heterocycles. The second-order valence-electron chi connectivity index (χ2n) is 19.9. The minimum atomic E-state index is -3.88. The molecule has 3 aromatic heterocycles. The lowest BCUT2D eigenvalue weighted by molar-refractivity contribution is -0.143. The molecule has 2 saturated heterocycles. The largest absolute Gasteiger partial charge is 0.491 e. The van der Waals surface area contributed by atoms with Crippen molar-refractivity contribution in [2.45, 2.75) is 103 Å². The van der Waals surface area contributed by atoms with Crippen molar-refractivity contribution >= 4 is 74.1 Å². The zero-order valence-electron chi connectivity index (χ0n) is 42.1. The first-order valence-corrected chi connectivity index (χ1v) is 24.9. The van der Waals surface area contributed by atoms with Crippen LogP contribution in [0.2, 0.25) is 0 Å². The Balaban J connectivity index is 0.00000847. The molecule has 2 aliphatic heterocycles. The van der Waals surface area contributed by atoms with Gasteiger partial charge in [0.1, 0.15) is 64.9 Å². The lowest BCUT2D eigenvalue weighted by atomic mass is 9.85. The number of halogens is 3. The van der Waals surface area contributed by atoms with Crippen LogP contribution in [0.5, 0.6) is 11.5 Å². The molecule has 0 aliphatic carbocycles. The SMILES string of the molecule is CNC(C)C(=O)NC(C(=O)N1C[C@@H](Oc2cnc(N3CCN(CCOc4cc5ncnc(Nc6n[nH]c(C)c6C)c5cc4S(=O)(=O)C(C)(C)C)CC3)nc2)C[C@H]1C(=O)Nc1c(F)cccc1F)C(C)(C)C.Cl. The van der Waals surface area contributed by atoms with E-state index in [-0.39, 0.29) is 48.4 Å². The molecule has 5 aromatic rings. The van der Waals surface area contributed by atoms with Gasteiger partial charge < -0.3 is 40.5 Å². The van der Waals surface area contributed by atoms with E-state index in [4.69, 9.17) is 9.47 Å². The van der Waals surface area contributed by atoms with Crippen LogP contribution in [0.15, 0.2) is 53.9 Å². The van der Waals surface area contributed by atoms with Crippen molar-refractivity contribution in [3.63, 3.8) is 0 Å². The maximum Gasteiger partial charge on any atom is 0.247 e. The number of likely N-dealkylation sites (N-methyl/N-ethyl adjacent to an activating group) is 1. The maximum atomic E-state index is 14.7.